The van der Waals surface area contributed by atoms with Gasteiger partial charge in [-0.1, -0.05) is 0 Å². The van der Waals surface area contributed by atoms with E-state index < -0.39 is 30.4 Å². The zero-order chi connectivity index (χ0) is 17.0. The van der Waals surface area contributed by atoms with E-state index in [1.807, 2.05) is 0 Å². The summed E-state index contributed by atoms with van der Waals surface area (Å²) < 4.78 is 0. The average Bonchev–Trinajstić information content (AvgIpc) is 2.70. The molecule has 0 unspecified atom stereocenters. The molecule has 1 rings (SSSR count). The van der Waals surface area contributed by atoms with E-state index in [2.05, 4.69) is 21.2 Å². The molecule has 1 heterocycles. The van der Waals surface area contributed by atoms with Crippen molar-refractivity contribution in [3.63, 3.8) is 0 Å². The molecule has 22 heavy (non-hydrogen) atoms. The molecule has 13 heteroatoms. The minimum atomic E-state index is -0.974. The summed E-state index contributed by atoms with van der Waals surface area (Å²) in [4.78, 5) is 58.2. The van der Waals surface area contributed by atoms with Crippen LogP contribution >= 0.6 is 0 Å². The maximum absolute atomic E-state index is 11.9. The molecule has 13 nitrogen and oxygen atoms in total. The number of urea groups is 3. The van der Waals surface area contributed by atoms with Gasteiger partial charge in [-0.05, 0) is 0 Å². The van der Waals surface area contributed by atoms with E-state index in [4.69, 9.17) is 0 Å². The molecule has 0 aromatic rings. The van der Waals surface area contributed by atoms with Gasteiger partial charge in [-0.3, -0.25) is 0 Å². The van der Waals surface area contributed by atoms with Crippen LogP contribution in [-0.2, 0) is 0 Å². The number of amides is 6. The van der Waals surface area contributed by atoms with Gasteiger partial charge in [0.1, 0.15) is 12.3 Å². The van der Waals surface area contributed by atoms with E-state index in [1.54, 1.807) is 0 Å². The van der Waals surface area contributed by atoms with Crippen LogP contribution in [0.25, 0.3) is 0 Å². The van der Waals surface area contributed by atoms with Crippen molar-refractivity contribution in [3.8, 4) is 0 Å². The molecule has 0 bridgehead atoms. The number of nitroso groups, excluding NO2 is 2. The summed E-state index contributed by atoms with van der Waals surface area (Å²) in [5, 5.41) is 10.6. The second-order valence-corrected chi connectivity index (χ2v) is 4.50. The Balaban J connectivity index is 2.92. The molecular formula is C9H16N8O5. The van der Waals surface area contributed by atoms with Gasteiger partial charge in [0, 0.05) is 28.2 Å². The number of rotatable bonds is 4. The van der Waals surface area contributed by atoms with Crippen LogP contribution in [0, 0.1) is 9.81 Å². The van der Waals surface area contributed by atoms with Gasteiger partial charge in [-0.2, -0.15) is 10.0 Å². The molecule has 1 saturated heterocycles. The van der Waals surface area contributed by atoms with Crippen LogP contribution in [0.5, 0.6) is 0 Å². The normalized spacial score (nSPS) is 20.5. The topological polar surface area (TPSA) is 147 Å². The fourth-order valence-electron chi connectivity index (χ4n) is 1.78. The summed E-state index contributed by atoms with van der Waals surface area (Å²) in [5.74, 6) is 0. The molecule has 0 aromatic carbocycles. The summed E-state index contributed by atoms with van der Waals surface area (Å²) in [6.07, 6.45) is -1.95. The maximum atomic E-state index is 11.9. The van der Waals surface area contributed by atoms with Gasteiger partial charge in [0.05, 0.1) is 10.6 Å². The highest BCUT2D eigenvalue weighted by Crippen LogP contribution is 2.16. The number of carbonyl (C=O) groups is 3. The summed E-state index contributed by atoms with van der Waals surface area (Å²) in [7, 11) is 5.04. The molecular weight excluding hydrogens is 300 g/mol. The molecule has 1 aliphatic rings. The minimum Gasteiger partial charge on any atom is -0.312 e. The third-order valence-corrected chi connectivity index (χ3v) is 3.11. The monoisotopic (exact) mass is 316 g/mol. The quantitative estimate of drug-likeness (QED) is 0.519. The predicted molar refractivity (Wildman–Crippen MR) is 72.7 cm³/mol. The lowest BCUT2D eigenvalue weighted by molar-refractivity contribution is 0.167. The highest BCUT2D eigenvalue weighted by Gasteiger charge is 2.44. The lowest BCUT2D eigenvalue weighted by atomic mass is 10.3. The van der Waals surface area contributed by atoms with Crippen molar-refractivity contribution in [3.05, 3.63) is 9.81 Å². The molecule has 1 aliphatic heterocycles. The van der Waals surface area contributed by atoms with Crippen LogP contribution in [0.2, 0.25) is 0 Å². The van der Waals surface area contributed by atoms with Crippen molar-refractivity contribution in [2.45, 2.75) is 12.3 Å². The maximum Gasteiger partial charge on any atom is 0.341 e. The second kappa shape index (κ2) is 6.64. The number of carbonyl (C=O) groups excluding carboxylic acids is 3. The summed E-state index contributed by atoms with van der Waals surface area (Å²) in [6.45, 7) is 0. The van der Waals surface area contributed by atoms with E-state index >= 15 is 0 Å². The fraction of sp³-hybridized carbons (Fsp3) is 0.667. The standard InChI is InChI=1S/C9H16N8O5/c1-14-5(10-7(18)16(3)12-21)6(15(2)9(14)20)11-8(19)17(4)13-22/h5-6H,1-4H3,(H,10,18)(H,11,19)/t5-,6-/m1/s1. The first-order chi connectivity index (χ1) is 10.2. The first-order valence-electron chi connectivity index (χ1n) is 5.99. The summed E-state index contributed by atoms with van der Waals surface area (Å²) >= 11 is 0. The third kappa shape index (κ3) is 3.18. The summed E-state index contributed by atoms with van der Waals surface area (Å²) in [5.41, 5.74) is 0. The zero-order valence-corrected chi connectivity index (χ0v) is 12.4. The van der Waals surface area contributed by atoms with Crippen molar-refractivity contribution in [1.82, 2.24) is 30.5 Å². The molecule has 2 N–H and O–H groups in total. The van der Waals surface area contributed by atoms with Crippen molar-refractivity contribution >= 4 is 18.1 Å². The average molecular weight is 316 g/mol. The highest BCUT2D eigenvalue weighted by atomic mass is 16.3. The molecule has 122 valence electrons. The van der Waals surface area contributed by atoms with Gasteiger partial charge in [-0.25, -0.2) is 14.4 Å². The van der Waals surface area contributed by atoms with Crippen molar-refractivity contribution in [1.29, 1.82) is 0 Å². The van der Waals surface area contributed by atoms with Crippen LogP contribution in [0.15, 0.2) is 10.6 Å². The van der Waals surface area contributed by atoms with Crippen molar-refractivity contribution in [2.24, 2.45) is 10.6 Å². The van der Waals surface area contributed by atoms with E-state index in [0.717, 1.165) is 23.9 Å². The Morgan fingerprint density at radius 1 is 0.955 bits per heavy atom. The Labute approximate surface area is 125 Å². The number of likely N-dealkylation sites (N-methyl/N-ethyl adjacent to an activating group) is 2. The van der Waals surface area contributed by atoms with E-state index in [-0.39, 0.29) is 0 Å². The molecule has 0 saturated carbocycles. The lowest BCUT2D eigenvalue weighted by Gasteiger charge is -2.27. The Morgan fingerprint density at radius 2 is 1.27 bits per heavy atom. The second-order valence-electron chi connectivity index (χ2n) is 4.50. The number of hydrogen-bond acceptors (Lipinski definition) is 7. The molecule has 0 aromatic heterocycles. The molecule has 6 amide bonds. The fourth-order valence-corrected chi connectivity index (χ4v) is 1.78. The Morgan fingerprint density at radius 3 is 1.55 bits per heavy atom. The number of hydrogen-bond donors (Lipinski definition) is 2. The van der Waals surface area contributed by atoms with Crippen molar-refractivity contribution in [2.75, 3.05) is 28.2 Å². The number of nitrogens with zero attached hydrogens (tertiary/aromatic N) is 6. The largest absolute Gasteiger partial charge is 0.341 e. The smallest absolute Gasteiger partial charge is 0.312 e. The van der Waals surface area contributed by atoms with E-state index in [1.165, 1.54) is 14.1 Å². The molecule has 1 fully saturated rings. The van der Waals surface area contributed by atoms with Gasteiger partial charge < -0.3 is 20.4 Å². The van der Waals surface area contributed by atoms with Gasteiger partial charge in [0.15, 0.2) is 0 Å². The Bertz CT molecular complexity index is 456. The van der Waals surface area contributed by atoms with Crippen molar-refractivity contribution < 1.29 is 14.4 Å². The molecule has 2 atom stereocenters. The van der Waals surface area contributed by atoms with Crippen LogP contribution in [0.1, 0.15) is 0 Å². The van der Waals surface area contributed by atoms with Crippen LogP contribution in [-0.4, -0.2) is 78.4 Å². The van der Waals surface area contributed by atoms with Gasteiger partial charge in [0.25, 0.3) is 0 Å². The van der Waals surface area contributed by atoms with Gasteiger partial charge in [0.2, 0.25) is 0 Å². The van der Waals surface area contributed by atoms with Gasteiger partial charge >= 0.3 is 18.1 Å². The summed E-state index contributed by atoms with van der Waals surface area (Å²) in [6, 6.07) is -2.22. The zero-order valence-electron chi connectivity index (χ0n) is 12.4. The Kier molecular flexibility index (Phi) is 5.15. The first kappa shape index (κ1) is 17.1. The number of nitrogens with one attached hydrogen (secondary N) is 2. The first-order valence-corrected chi connectivity index (χ1v) is 5.99. The van der Waals surface area contributed by atoms with Crippen LogP contribution < -0.4 is 10.6 Å². The predicted octanol–water partition coefficient (Wildman–Crippen LogP) is -0.719. The van der Waals surface area contributed by atoms with Crippen LogP contribution in [0.4, 0.5) is 14.4 Å². The van der Waals surface area contributed by atoms with Gasteiger partial charge in [-0.15, -0.1) is 9.81 Å². The van der Waals surface area contributed by atoms with Crippen LogP contribution in [0.3, 0.4) is 0 Å². The molecule has 0 radical (unpaired) electrons. The molecule has 0 spiro atoms. The molecule has 0 aliphatic carbocycles. The van der Waals surface area contributed by atoms with E-state index in [9.17, 15) is 24.2 Å². The highest BCUT2D eigenvalue weighted by molar-refractivity contribution is 5.82. The SMILES string of the molecule is CN(N=O)C(=O)N[C@H]1[C@H](NC(=O)N(C)N=O)N(C)C(=O)N1C. The Hall–Kier alpha value is -2.99. The van der Waals surface area contributed by atoms with E-state index in [0.29, 0.717) is 10.0 Å². The lowest BCUT2D eigenvalue weighted by Crippen LogP contribution is -2.58. The minimum absolute atomic E-state index is 0.487. The third-order valence-electron chi connectivity index (χ3n) is 3.11.